The lowest BCUT2D eigenvalue weighted by atomic mass is 10.1. The van der Waals surface area contributed by atoms with Gasteiger partial charge in [0.25, 0.3) is 0 Å². The van der Waals surface area contributed by atoms with E-state index < -0.39 is 0 Å². The number of hydrogen-bond acceptors (Lipinski definition) is 4. The van der Waals surface area contributed by atoms with E-state index in [1.165, 1.54) is 0 Å². The molecule has 3 aromatic rings. The Bertz CT molecular complexity index is 795. The van der Waals surface area contributed by atoms with Crippen molar-refractivity contribution in [3.63, 3.8) is 0 Å². The van der Waals surface area contributed by atoms with Crippen LogP contribution in [-0.2, 0) is 11.2 Å². The second kappa shape index (κ2) is 4.55. The number of methoxy groups -OCH3 is 1. The van der Waals surface area contributed by atoms with Crippen molar-refractivity contribution in [1.82, 2.24) is 0 Å². The van der Waals surface area contributed by atoms with Crippen LogP contribution >= 0.6 is 0 Å². The van der Waals surface area contributed by atoms with E-state index in [0.29, 0.717) is 29.6 Å². The van der Waals surface area contributed by atoms with E-state index in [1.54, 1.807) is 13.2 Å². The van der Waals surface area contributed by atoms with Crippen molar-refractivity contribution in [3.8, 4) is 0 Å². The molecule has 0 radical (unpaired) electrons. The van der Waals surface area contributed by atoms with E-state index in [-0.39, 0.29) is 5.63 Å². The average Bonchev–Trinajstić information content (AvgIpc) is 2.75. The summed E-state index contributed by atoms with van der Waals surface area (Å²) >= 11 is 0. The summed E-state index contributed by atoms with van der Waals surface area (Å²) in [5, 5.41) is 1.36. The molecule has 0 atom stereocenters. The summed E-state index contributed by atoms with van der Waals surface area (Å²) < 4.78 is 16.2. The largest absolute Gasteiger partial charge is 0.460 e. The molecule has 0 aliphatic rings. The average molecular weight is 258 g/mol. The minimum Gasteiger partial charge on any atom is -0.460 e. The number of ether oxygens (including phenoxy) is 1. The molecule has 19 heavy (non-hydrogen) atoms. The van der Waals surface area contributed by atoms with Crippen LogP contribution in [0.15, 0.2) is 37.9 Å². The summed E-state index contributed by atoms with van der Waals surface area (Å²) in [6, 6.07) is 7.39. The highest BCUT2D eigenvalue weighted by Crippen LogP contribution is 2.29. The molecule has 0 aliphatic heterocycles. The summed E-state index contributed by atoms with van der Waals surface area (Å²) in [4.78, 5) is 12.0. The third-order valence-electron chi connectivity index (χ3n) is 3.32. The van der Waals surface area contributed by atoms with Gasteiger partial charge >= 0.3 is 5.63 Å². The fourth-order valence-corrected chi connectivity index (χ4v) is 2.32. The first-order chi connectivity index (χ1) is 9.22. The lowest BCUT2D eigenvalue weighted by Gasteiger charge is -1.96. The SMILES string of the molecule is COCCc1oc2c(c1C)c(=O)oc1ccccc12. The smallest absolute Gasteiger partial charge is 0.347 e. The van der Waals surface area contributed by atoms with Crippen molar-refractivity contribution < 1.29 is 13.6 Å². The van der Waals surface area contributed by atoms with Gasteiger partial charge in [-0.2, -0.15) is 0 Å². The number of fused-ring (bicyclic) bond motifs is 3. The zero-order chi connectivity index (χ0) is 13.4. The molecule has 0 saturated heterocycles. The number of para-hydroxylation sites is 1. The molecule has 0 amide bonds. The van der Waals surface area contributed by atoms with Gasteiger partial charge in [0.2, 0.25) is 0 Å². The number of rotatable bonds is 3. The van der Waals surface area contributed by atoms with Gasteiger partial charge in [0.15, 0.2) is 5.58 Å². The first-order valence-electron chi connectivity index (χ1n) is 6.15. The van der Waals surface area contributed by atoms with Crippen molar-refractivity contribution in [2.45, 2.75) is 13.3 Å². The molecule has 3 rings (SSSR count). The maximum atomic E-state index is 12.0. The van der Waals surface area contributed by atoms with Crippen LogP contribution in [0.4, 0.5) is 0 Å². The Labute approximate surface area is 109 Å². The normalized spacial score (nSPS) is 11.5. The highest BCUT2D eigenvalue weighted by molar-refractivity contribution is 6.02. The molecular formula is C15H14O4. The zero-order valence-electron chi connectivity index (χ0n) is 10.9. The molecule has 0 bridgehead atoms. The third-order valence-corrected chi connectivity index (χ3v) is 3.32. The van der Waals surface area contributed by atoms with E-state index in [1.807, 2.05) is 25.1 Å². The van der Waals surface area contributed by atoms with Crippen LogP contribution in [0.2, 0.25) is 0 Å². The molecule has 0 N–H and O–H groups in total. The quantitative estimate of drug-likeness (QED) is 0.677. The third kappa shape index (κ3) is 1.85. The van der Waals surface area contributed by atoms with E-state index >= 15 is 0 Å². The van der Waals surface area contributed by atoms with Gasteiger partial charge in [-0.05, 0) is 19.1 Å². The molecule has 0 fully saturated rings. The summed E-state index contributed by atoms with van der Waals surface area (Å²) in [5.74, 6) is 0.778. The molecule has 0 unspecified atom stereocenters. The molecule has 98 valence electrons. The lowest BCUT2D eigenvalue weighted by molar-refractivity contribution is 0.197. The number of furan rings is 1. The molecule has 2 heterocycles. The van der Waals surface area contributed by atoms with Gasteiger partial charge in [0.1, 0.15) is 16.7 Å². The van der Waals surface area contributed by atoms with Gasteiger partial charge in [0, 0.05) is 19.1 Å². The van der Waals surface area contributed by atoms with Gasteiger partial charge in [0.05, 0.1) is 12.0 Å². The molecule has 0 aliphatic carbocycles. The zero-order valence-corrected chi connectivity index (χ0v) is 10.9. The Morgan fingerprint density at radius 3 is 2.79 bits per heavy atom. The highest BCUT2D eigenvalue weighted by Gasteiger charge is 2.17. The summed E-state index contributed by atoms with van der Waals surface area (Å²) in [7, 11) is 1.64. The Kier molecular flexibility index (Phi) is 2.87. The summed E-state index contributed by atoms with van der Waals surface area (Å²) in [5.41, 5.74) is 1.65. The van der Waals surface area contributed by atoms with Crippen molar-refractivity contribution in [1.29, 1.82) is 0 Å². The molecular weight excluding hydrogens is 244 g/mol. The Balaban J connectivity index is 2.35. The fourth-order valence-electron chi connectivity index (χ4n) is 2.32. The second-order valence-electron chi connectivity index (χ2n) is 4.48. The van der Waals surface area contributed by atoms with Crippen LogP contribution in [0.5, 0.6) is 0 Å². The lowest BCUT2D eigenvalue weighted by Crippen LogP contribution is -2.00. The predicted molar refractivity (Wildman–Crippen MR) is 72.6 cm³/mol. The van der Waals surface area contributed by atoms with Crippen LogP contribution in [0.3, 0.4) is 0 Å². The Morgan fingerprint density at radius 2 is 2.00 bits per heavy atom. The predicted octanol–water partition coefficient (Wildman–Crippen LogP) is 3.04. The monoisotopic (exact) mass is 258 g/mol. The van der Waals surface area contributed by atoms with E-state index in [2.05, 4.69) is 0 Å². The van der Waals surface area contributed by atoms with Gasteiger partial charge in [-0.1, -0.05) is 12.1 Å². The van der Waals surface area contributed by atoms with Crippen molar-refractivity contribution in [2.24, 2.45) is 0 Å². The number of benzene rings is 1. The van der Waals surface area contributed by atoms with Crippen LogP contribution < -0.4 is 5.63 Å². The molecule has 1 aromatic carbocycles. The Morgan fingerprint density at radius 1 is 1.21 bits per heavy atom. The summed E-state index contributed by atoms with van der Waals surface area (Å²) in [6.07, 6.45) is 0.644. The molecule has 2 aromatic heterocycles. The van der Waals surface area contributed by atoms with Crippen LogP contribution in [0, 0.1) is 6.92 Å². The van der Waals surface area contributed by atoms with Crippen molar-refractivity contribution >= 4 is 21.9 Å². The fraction of sp³-hybridized carbons (Fsp3) is 0.267. The van der Waals surface area contributed by atoms with Gasteiger partial charge < -0.3 is 13.6 Å². The van der Waals surface area contributed by atoms with Crippen molar-refractivity contribution in [2.75, 3.05) is 13.7 Å². The first-order valence-corrected chi connectivity index (χ1v) is 6.15. The first kappa shape index (κ1) is 12.0. The molecule has 0 saturated carbocycles. The Hall–Kier alpha value is -2.07. The van der Waals surface area contributed by atoms with Crippen LogP contribution in [0.25, 0.3) is 21.9 Å². The minimum absolute atomic E-state index is 0.349. The molecule has 4 nitrogen and oxygen atoms in total. The van der Waals surface area contributed by atoms with E-state index in [9.17, 15) is 4.79 Å². The number of hydrogen-bond donors (Lipinski definition) is 0. The highest BCUT2D eigenvalue weighted by atomic mass is 16.5. The van der Waals surface area contributed by atoms with Crippen molar-refractivity contribution in [3.05, 3.63) is 46.0 Å². The maximum Gasteiger partial charge on any atom is 0.347 e. The molecule has 0 spiro atoms. The summed E-state index contributed by atoms with van der Waals surface area (Å²) in [6.45, 7) is 2.44. The standard InChI is InChI=1S/C15H14O4/c1-9-11(7-8-17-2)18-14-10-5-3-4-6-12(10)19-15(16)13(9)14/h3-6H,7-8H2,1-2H3. The second-order valence-corrected chi connectivity index (χ2v) is 4.48. The minimum atomic E-state index is -0.349. The van der Waals surface area contributed by atoms with E-state index in [0.717, 1.165) is 16.7 Å². The van der Waals surface area contributed by atoms with E-state index in [4.69, 9.17) is 13.6 Å². The topological polar surface area (TPSA) is 52.6 Å². The van der Waals surface area contributed by atoms with Crippen LogP contribution in [0.1, 0.15) is 11.3 Å². The van der Waals surface area contributed by atoms with Gasteiger partial charge in [-0.25, -0.2) is 4.79 Å². The molecule has 4 heteroatoms. The van der Waals surface area contributed by atoms with Crippen LogP contribution in [-0.4, -0.2) is 13.7 Å². The van der Waals surface area contributed by atoms with Gasteiger partial charge in [-0.15, -0.1) is 0 Å². The number of aryl methyl sites for hydroxylation is 1. The maximum absolute atomic E-state index is 12.0. The van der Waals surface area contributed by atoms with Gasteiger partial charge in [-0.3, -0.25) is 0 Å².